The molecule has 0 bridgehead atoms. The van der Waals surface area contributed by atoms with Gasteiger partial charge in [-0.25, -0.2) is 0 Å². The maximum atomic E-state index is 12.4. The molecule has 0 radical (unpaired) electrons. The second kappa shape index (κ2) is 5.42. The summed E-state index contributed by atoms with van der Waals surface area (Å²) in [5, 5.41) is 2.98. The molecule has 5 heteroatoms. The third-order valence-electron chi connectivity index (χ3n) is 4.18. The molecule has 0 spiro atoms. The molecule has 1 aliphatic heterocycles. The Hall–Kier alpha value is -1.59. The Balaban J connectivity index is 1.70. The summed E-state index contributed by atoms with van der Waals surface area (Å²) in [7, 11) is 0. The van der Waals surface area contributed by atoms with E-state index >= 15 is 0 Å². The number of fused-ring (bicyclic) bond motifs is 1. The van der Waals surface area contributed by atoms with Crippen LogP contribution in [-0.2, 0) is 4.74 Å². The Morgan fingerprint density at radius 2 is 2.30 bits per heavy atom. The maximum Gasteiger partial charge on any atom is 0.255 e. The predicted molar refractivity (Wildman–Crippen MR) is 74.7 cm³/mol. The van der Waals surface area contributed by atoms with Crippen LogP contribution in [0.15, 0.2) is 24.3 Å². The van der Waals surface area contributed by atoms with Crippen LogP contribution in [0.4, 0.5) is 0 Å². The van der Waals surface area contributed by atoms with Crippen molar-refractivity contribution in [3.05, 3.63) is 29.8 Å². The van der Waals surface area contributed by atoms with Crippen molar-refractivity contribution < 1.29 is 14.3 Å². The van der Waals surface area contributed by atoms with Gasteiger partial charge in [-0.05, 0) is 25.5 Å². The monoisotopic (exact) mass is 276 g/mol. The van der Waals surface area contributed by atoms with E-state index in [1.807, 2.05) is 19.1 Å². The number of carbonyl (C=O) groups excluding carboxylic acids is 1. The molecule has 0 aromatic heterocycles. The summed E-state index contributed by atoms with van der Waals surface area (Å²) in [4.78, 5) is 12.4. The van der Waals surface area contributed by atoms with Gasteiger partial charge in [0.25, 0.3) is 5.91 Å². The second-order valence-corrected chi connectivity index (χ2v) is 5.29. The fraction of sp³-hybridized carbons (Fsp3) is 0.533. The van der Waals surface area contributed by atoms with Crippen molar-refractivity contribution in [1.29, 1.82) is 0 Å². The average molecular weight is 276 g/mol. The standard InChI is InChI=1S/C15H20N2O3/c1-2-19-11-6-4-3-5-9(11)15(18)17-13-12(16)10-7-8-20-14(10)13/h3-6,10,12-14H,2,7-8,16H2,1H3,(H,17,18). The van der Waals surface area contributed by atoms with E-state index in [1.165, 1.54) is 0 Å². The van der Waals surface area contributed by atoms with Crippen molar-refractivity contribution in [2.45, 2.75) is 31.5 Å². The molecule has 2 aliphatic rings. The molecule has 5 nitrogen and oxygen atoms in total. The molecule has 1 aromatic carbocycles. The lowest BCUT2D eigenvalue weighted by atomic mass is 9.72. The number of amides is 1. The highest BCUT2D eigenvalue weighted by atomic mass is 16.5. The molecule has 4 unspecified atom stereocenters. The van der Waals surface area contributed by atoms with Crippen LogP contribution in [0.1, 0.15) is 23.7 Å². The topological polar surface area (TPSA) is 73.6 Å². The Morgan fingerprint density at radius 1 is 1.50 bits per heavy atom. The van der Waals surface area contributed by atoms with Crippen LogP contribution in [0.3, 0.4) is 0 Å². The highest BCUT2D eigenvalue weighted by molar-refractivity contribution is 5.97. The molecule has 3 rings (SSSR count). The lowest BCUT2D eigenvalue weighted by Crippen LogP contribution is -2.68. The summed E-state index contributed by atoms with van der Waals surface area (Å²) in [6.07, 6.45) is 1.07. The molecule has 1 amide bonds. The minimum absolute atomic E-state index is 0.00861. The molecule has 1 aromatic rings. The summed E-state index contributed by atoms with van der Waals surface area (Å²) in [5.74, 6) is 0.843. The SMILES string of the molecule is CCOc1ccccc1C(=O)NC1C(N)C2CCOC21. The third kappa shape index (κ3) is 2.17. The number of benzene rings is 1. The number of nitrogens with two attached hydrogens (primary N) is 1. The summed E-state index contributed by atoms with van der Waals surface area (Å²) in [6.45, 7) is 3.17. The zero-order valence-electron chi connectivity index (χ0n) is 11.5. The van der Waals surface area contributed by atoms with Gasteiger partial charge in [0.05, 0.1) is 24.3 Å². The van der Waals surface area contributed by atoms with Crippen molar-refractivity contribution in [2.24, 2.45) is 11.7 Å². The number of hydrogen-bond acceptors (Lipinski definition) is 4. The van der Waals surface area contributed by atoms with Crippen molar-refractivity contribution in [3.8, 4) is 5.75 Å². The number of rotatable bonds is 4. The molecule has 1 saturated carbocycles. The van der Waals surface area contributed by atoms with Gasteiger partial charge in [-0.2, -0.15) is 0 Å². The summed E-state index contributed by atoms with van der Waals surface area (Å²) < 4.78 is 11.1. The van der Waals surface area contributed by atoms with Crippen LogP contribution in [0.5, 0.6) is 5.75 Å². The van der Waals surface area contributed by atoms with Crippen LogP contribution >= 0.6 is 0 Å². The molecule has 4 atom stereocenters. The third-order valence-corrected chi connectivity index (χ3v) is 4.18. The molecule has 108 valence electrons. The van der Waals surface area contributed by atoms with Crippen LogP contribution in [0.25, 0.3) is 0 Å². The van der Waals surface area contributed by atoms with Gasteiger partial charge in [0.2, 0.25) is 0 Å². The number of carbonyl (C=O) groups is 1. The van der Waals surface area contributed by atoms with E-state index in [1.54, 1.807) is 12.1 Å². The number of hydrogen-bond donors (Lipinski definition) is 2. The van der Waals surface area contributed by atoms with Crippen molar-refractivity contribution >= 4 is 5.91 Å². The van der Waals surface area contributed by atoms with Crippen molar-refractivity contribution in [3.63, 3.8) is 0 Å². The molecule has 1 aliphatic carbocycles. The highest BCUT2D eigenvalue weighted by Gasteiger charge is 2.52. The summed E-state index contributed by atoms with van der Waals surface area (Å²) >= 11 is 0. The predicted octanol–water partition coefficient (Wildman–Crippen LogP) is 0.930. The lowest BCUT2D eigenvalue weighted by molar-refractivity contribution is -0.0161. The molecule has 20 heavy (non-hydrogen) atoms. The van der Waals surface area contributed by atoms with Crippen LogP contribution in [-0.4, -0.2) is 37.3 Å². The fourth-order valence-corrected chi connectivity index (χ4v) is 3.09. The fourth-order valence-electron chi connectivity index (χ4n) is 3.09. The zero-order valence-corrected chi connectivity index (χ0v) is 11.5. The Bertz CT molecular complexity index is 506. The molecular formula is C15H20N2O3. The smallest absolute Gasteiger partial charge is 0.255 e. The van der Waals surface area contributed by atoms with E-state index in [9.17, 15) is 4.79 Å². The molecular weight excluding hydrogens is 256 g/mol. The normalized spacial score (nSPS) is 31.3. The van der Waals surface area contributed by atoms with Gasteiger partial charge in [0.1, 0.15) is 5.75 Å². The molecule has 1 saturated heterocycles. The molecule has 2 fully saturated rings. The van der Waals surface area contributed by atoms with Gasteiger partial charge in [0.15, 0.2) is 0 Å². The van der Waals surface area contributed by atoms with Gasteiger partial charge < -0.3 is 20.5 Å². The van der Waals surface area contributed by atoms with Crippen LogP contribution < -0.4 is 15.8 Å². The second-order valence-electron chi connectivity index (χ2n) is 5.29. The Labute approximate surface area is 118 Å². The minimum Gasteiger partial charge on any atom is -0.493 e. The van der Waals surface area contributed by atoms with E-state index in [0.29, 0.717) is 23.8 Å². The summed E-state index contributed by atoms with van der Waals surface area (Å²) in [5.41, 5.74) is 6.65. The largest absolute Gasteiger partial charge is 0.493 e. The number of nitrogens with one attached hydrogen (secondary N) is 1. The summed E-state index contributed by atoms with van der Waals surface area (Å²) in [6, 6.07) is 7.14. The van der Waals surface area contributed by atoms with E-state index in [0.717, 1.165) is 13.0 Å². The van der Waals surface area contributed by atoms with Gasteiger partial charge in [0, 0.05) is 18.6 Å². The van der Waals surface area contributed by atoms with Crippen molar-refractivity contribution in [1.82, 2.24) is 5.32 Å². The van der Waals surface area contributed by atoms with Gasteiger partial charge in [-0.1, -0.05) is 12.1 Å². The first-order chi connectivity index (χ1) is 9.72. The molecule has 1 heterocycles. The van der Waals surface area contributed by atoms with Crippen molar-refractivity contribution in [2.75, 3.05) is 13.2 Å². The lowest BCUT2D eigenvalue weighted by Gasteiger charge is -2.45. The first-order valence-corrected chi connectivity index (χ1v) is 7.12. The average Bonchev–Trinajstić information content (AvgIpc) is 2.90. The van der Waals surface area contributed by atoms with Crippen LogP contribution in [0, 0.1) is 5.92 Å². The zero-order chi connectivity index (χ0) is 14.1. The molecule has 3 N–H and O–H groups in total. The Kier molecular flexibility index (Phi) is 3.63. The first kappa shape index (κ1) is 13.4. The van der Waals surface area contributed by atoms with E-state index in [2.05, 4.69) is 5.32 Å². The Morgan fingerprint density at radius 3 is 3.10 bits per heavy atom. The number of ether oxygens (including phenoxy) is 2. The first-order valence-electron chi connectivity index (χ1n) is 7.12. The highest BCUT2D eigenvalue weighted by Crippen LogP contribution is 2.38. The van der Waals surface area contributed by atoms with E-state index in [-0.39, 0.29) is 24.1 Å². The van der Waals surface area contributed by atoms with E-state index < -0.39 is 0 Å². The van der Waals surface area contributed by atoms with E-state index in [4.69, 9.17) is 15.2 Å². The number of para-hydroxylation sites is 1. The minimum atomic E-state index is -0.150. The quantitative estimate of drug-likeness (QED) is 0.858. The van der Waals surface area contributed by atoms with Gasteiger partial charge in [-0.3, -0.25) is 4.79 Å². The van der Waals surface area contributed by atoms with Gasteiger partial charge in [-0.15, -0.1) is 0 Å². The van der Waals surface area contributed by atoms with Gasteiger partial charge >= 0.3 is 0 Å². The van der Waals surface area contributed by atoms with Crippen LogP contribution in [0.2, 0.25) is 0 Å². The maximum absolute atomic E-state index is 12.4.